The van der Waals surface area contributed by atoms with Gasteiger partial charge in [-0.2, -0.15) is 0 Å². The molecule has 6 nitrogen and oxygen atoms in total. The van der Waals surface area contributed by atoms with Gasteiger partial charge in [-0.15, -0.1) is 0 Å². The second kappa shape index (κ2) is 10.1. The minimum absolute atomic E-state index is 0.0557. The summed E-state index contributed by atoms with van der Waals surface area (Å²) in [5, 5.41) is 3.03. The van der Waals surface area contributed by atoms with Gasteiger partial charge in [-0.05, 0) is 44.2 Å². The van der Waals surface area contributed by atoms with Crippen molar-refractivity contribution in [1.29, 1.82) is 0 Å². The Kier molecular flexibility index (Phi) is 7.55. The first-order valence-corrected chi connectivity index (χ1v) is 10.2. The summed E-state index contributed by atoms with van der Waals surface area (Å²) in [5.74, 6) is -0.287. The van der Waals surface area contributed by atoms with Gasteiger partial charge in [-0.1, -0.05) is 13.3 Å². The fourth-order valence-electron chi connectivity index (χ4n) is 3.75. The first kappa shape index (κ1) is 21.6. The van der Waals surface area contributed by atoms with Crippen LogP contribution in [0.1, 0.15) is 73.6 Å². The van der Waals surface area contributed by atoms with Crippen molar-refractivity contribution in [2.45, 2.75) is 70.6 Å². The summed E-state index contributed by atoms with van der Waals surface area (Å²) in [6, 6.07) is 2.91. The van der Waals surface area contributed by atoms with E-state index in [2.05, 4.69) is 17.2 Å². The molecule has 1 aliphatic carbocycles. The number of hydrogen-bond acceptors (Lipinski definition) is 4. The van der Waals surface area contributed by atoms with Crippen molar-refractivity contribution < 1.29 is 23.0 Å². The predicted octanol–water partition coefficient (Wildman–Crippen LogP) is 4.28. The molecule has 29 heavy (non-hydrogen) atoms. The summed E-state index contributed by atoms with van der Waals surface area (Å²) in [5.41, 5.74) is 0.689. The lowest BCUT2D eigenvalue weighted by Gasteiger charge is -2.29. The van der Waals surface area contributed by atoms with Gasteiger partial charge in [0.15, 0.2) is 0 Å². The highest BCUT2D eigenvalue weighted by atomic mass is 19.3. The molecule has 160 valence electrons. The smallest absolute Gasteiger partial charge is 0.278 e. The number of rotatable bonds is 9. The maximum absolute atomic E-state index is 13.4. The van der Waals surface area contributed by atoms with Crippen molar-refractivity contribution in [3.8, 4) is 0 Å². The fraction of sp³-hybridized carbons (Fsp3) is 0.619. The fourth-order valence-corrected chi connectivity index (χ4v) is 3.75. The largest absolute Gasteiger partial charge is 0.378 e. The molecule has 2 aromatic rings. The van der Waals surface area contributed by atoms with Gasteiger partial charge >= 0.3 is 0 Å². The van der Waals surface area contributed by atoms with Crippen LogP contribution in [0.15, 0.2) is 18.3 Å². The molecule has 1 fully saturated rings. The molecule has 0 spiro atoms. The third-order valence-electron chi connectivity index (χ3n) is 5.32. The van der Waals surface area contributed by atoms with Gasteiger partial charge in [0.1, 0.15) is 5.65 Å². The van der Waals surface area contributed by atoms with Crippen LogP contribution in [0.5, 0.6) is 0 Å². The van der Waals surface area contributed by atoms with Gasteiger partial charge in [-0.25, -0.2) is 13.8 Å². The van der Waals surface area contributed by atoms with Crippen molar-refractivity contribution >= 4 is 11.6 Å². The summed E-state index contributed by atoms with van der Waals surface area (Å²) in [6.45, 7) is 3.03. The van der Waals surface area contributed by atoms with Gasteiger partial charge < -0.3 is 14.8 Å². The monoisotopic (exact) mass is 409 g/mol. The van der Waals surface area contributed by atoms with Crippen LogP contribution >= 0.6 is 0 Å². The molecule has 0 radical (unpaired) electrons. The zero-order chi connectivity index (χ0) is 20.8. The van der Waals surface area contributed by atoms with E-state index in [0.717, 1.165) is 45.1 Å². The Bertz CT molecular complexity index is 817. The number of nitrogens with one attached hydrogen (secondary N) is 1. The highest BCUT2D eigenvalue weighted by molar-refractivity contribution is 6.00. The minimum atomic E-state index is -2.68. The van der Waals surface area contributed by atoms with E-state index in [1.54, 1.807) is 6.07 Å². The molecule has 2 aromatic heterocycles. The van der Waals surface area contributed by atoms with Crippen LogP contribution in [-0.2, 0) is 16.1 Å². The zero-order valence-electron chi connectivity index (χ0n) is 17.0. The first-order valence-electron chi connectivity index (χ1n) is 10.2. The van der Waals surface area contributed by atoms with Gasteiger partial charge in [0.05, 0.1) is 29.7 Å². The Morgan fingerprint density at radius 1 is 1.34 bits per heavy atom. The number of carbonyl (C=O) groups is 1. The van der Waals surface area contributed by atoms with Gasteiger partial charge in [-0.3, -0.25) is 9.20 Å². The molecular formula is C21H29F2N3O3. The lowest BCUT2D eigenvalue weighted by Crippen LogP contribution is -2.39. The van der Waals surface area contributed by atoms with Crippen LogP contribution < -0.4 is 5.32 Å². The number of alkyl halides is 2. The predicted molar refractivity (Wildman–Crippen MR) is 105 cm³/mol. The van der Waals surface area contributed by atoms with Crippen LogP contribution in [0, 0.1) is 0 Å². The summed E-state index contributed by atoms with van der Waals surface area (Å²) in [4.78, 5) is 17.2. The second-order valence-corrected chi connectivity index (χ2v) is 7.50. The number of aromatic nitrogens is 2. The first-order chi connectivity index (χ1) is 14.0. The molecule has 3 rings (SSSR count). The average Bonchev–Trinajstić information content (AvgIpc) is 3.13. The Hall–Kier alpha value is -2.06. The average molecular weight is 409 g/mol. The molecule has 2 heterocycles. The zero-order valence-corrected chi connectivity index (χ0v) is 17.0. The van der Waals surface area contributed by atoms with Crippen molar-refractivity contribution in [2.24, 2.45) is 0 Å². The molecule has 1 aliphatic rings. The van der Waals surface area contributed by atoms with Crippen molar-refractivity contribution in [1.82, 2.24) is 14.7 Å². The number of carbonyl (C=O) groups excluding carboxylic acids is 1. The number of nitrogens with zero attached hydrogens (tertiary/aromatic N) is 2. The van der Waals surface area contributed by atoms with Crippen LogP contribution in [0.2, 0.25) is 0 Å². The summed E-state index contributed by atoms with van der Waals surface area (Å²) < 4.78 is 39.1. The maximum atomic E-state index is 13.4. The Morgan fingerprint density at radius 3 is 2.76 bits per heavy atom. The van der Waals surface area contributed by atoms with E-state index in [4.69, 9.17) is 9.47 Å². The summed E-state index contributed by atoms with van der Waals surface area (Å²) >= 11 is 0. The number of halogens is 2. The van der Waals surface area contributed by atoms with Gasteiger partial charge in [0, 0.05) is 26.0 Å². The Labute approximate surface area is 169 Å². The highest BCUT2D eigenvalue weighted by Gasteiger charge is 2.25. The van der Waals surface area contributed by atoms with Crippen LogP contribution in [0.25, 0.3) is 5.65 Å². The molecule has 0 bridgehead atoms. The number of methoxy groups -OCH3 is 1. The quantitative estimate of drug-likeness (QED) is 0.628. The molecular weight excluding hydrogens is 380 g/mol. The van der Waals surface area contributed by atoms with E-state index in [0.29, 0.717) is 11.3 Å². The maximum Gasteiger partial charge on any atom is 0.278 e. The van der Waals surface area contributed by atoms with Crippen LogP contribution in [0.3, 0.4) is 0 Å². The molecule has 0 saturated heterocycles. The van der Waals surface area contributed by atoms with E-state index in [9.17, 15) is 13.6 Å². The topological polar surface area (TPSA) is 64.9 Å². The van der Waals surface area contributed by atoms with E-state index >= 15 is 0 Å². The SMILES string of the molecule is CCCCOC1CCC(NC(=O)c2ccn3c(C(F)F)cc(COC)nc23)CC1. The number of unbranched alkanes of at least 4 members (excludes halogenated alkanes) is 1. The molecule has 8 heteroatoms. The van der Waals surface area contributed by atoms with E-state index < -0.39 is 6.43 Å². The van der Waals surface area contributed by atoms with E-state index in [-0.39, 0.29) is 36.0 Å². The highest BCUT2D eigenvalue weighted by Crippen LogP contribution is 2.25. The third-order valence-corrected chi connectivity index (χ3v) is 5.32. The molecule has 0 aromatic carbocycles. The lowest BCUT2D eigenvalue weighted by atomic mass is 9.92. The summed E-state index contributed by atoms with van der Waals surface area (Å²) in [6.07, 6.45) is 4.75. The Balaban J connectivity index is 1.68. The van der Waals surface area contributed by atoms with Gasteiger partial charge in [0.25, 0.3) is 12.3 Å². The minimum Gasteiger partial charge on any atom is -0.378 e. The Morgan fingerprint density at radius 2 is 2.10 bits per heavy atom. The number of amides is 1. The number of fused-ring (bicyclic) bond motifs is 1. The number of hydrogen-bond donors (Lipinski definition) is 1. The lowest BCUT2D eigenvalue weighted by molar-refractivity contribution is 0.0209. The number of ether oxygens (including phenoxy) is 2. The van der Waals surface area contributed by atoms with Crippen LogP contribution in [-0.4, -0.2) is 41.2 Å². The van der Waals surface area contributed by atoms with Crippen molar-refractivity contribution in [3.05, 3.63) is 35.3 Å². The second-order valence-electron chi connectivity index (χ2n) is 7.50. The van der Waals surface area contributed by atoms with Crippen molar-refractivity contribution in [3.63, 3.8) is 0 Å². The molecule has 0 aliphatic heterocycles. The molecule has 1 amide bonds. The molecule has 0 atom stereocenters. The standard InChI is InChI=1S/C21H29F2N3O3/c1-3-4-11-29-16-7-5-14(6-8-16)25-21(27)17-9-10-26-18(19(22)23)12-15(13-28-2)24-20(17)26/h9-10,12,14,16,19H,3-8,11,13H2,1-2H3,(H,25,27). The van der Waals surface area contributed by atoms with Gasteiger partial charge in [0.2, 0.25) is 0 Å². The third kappa shape index (κ3) is 5.30. The van der Waals surface area contributed by atoms with Crippen molar-refractivity contribution in [2.75, 3.05) is 13.7 Å². The molecule has 1 N–H and O–H groups in total. The molecule has 0 unspecified atom stereocenters. The normalized spacial score (nSPS) is 19.8. The molecule has 1 saturated carbocycles. The van der Waals surface area contributed by atoms with E-state index in [1.165, 1.54) is 23.8 Å². The van der Waals surface area contributed by atoms with Crippen LogP contribution in [0.4, 0.5) is 8.78 Å². The van der Waals surface area contributed by atoms with E-state index in [1.807, 2.05) is 0 Å². The summed E-state index contributed by atoms with van der Waals surface area (Å²) in [7, 11) is 1.47.